The van der Waals surface area contributed by atoms with Crippen LogP contribution in [0.1, 0.15) is 0 Å². The summed E-state index contributed by atoms with van der Waals surface area (Å²) in [6.07, 6.45) is 0. The van der Waals surface area contributed by atoms with Crippen molar-refractivity contribution in [3.63, 3.8) is 0 Å². The van der Waals surface area contributed by atoms with Crippen LogP contribution in [0.4, 0.5) is 0 Å². The molecule has 0 bridgehead atoms. The highest BCUT2D eigenvalue weighted by Gasteiger charge is 2.06. The SMILES string of the molecule is COn1nnc2c(O)cccc21.COn1nnc2ccc(O)cc21. The Kier molecular flexibility index (Phi) is 4.01. The molecule has 0 amide bonds. The molecule has 2 heterocycles. The molecule has 0 aliphatic heterocycles. The lowest BCUT2D eigenvalue weighted by atomic mass is 10.3. The molecule has 0 radical (unpaired) electrons. The molecule has 2 aromatic heterocycles. The second-order valence-electron chi connectivity index (χ2n) is 4.61. The minimum Gasteiger partial charge on any atom is -0.508 e. The van der Waals surface area contributed by atoms with E-state index >= 15 is 0 Å². The van der Waals surface area contributed by atoms with Gasteiger partial charge in [0.1, 0.15) is 42.3 Å². The monoisotopic (exact) mass is 330 g/mol. The summed E-state index contributed by atoms with van der Waals surface area (Å²) in [5, 5.41) is 33.3. The van der Waals surface area contributed by atoms with Gasteiger partial charge in [-0.3, -0.25) is 0 Å². The van der Waals surface area contributed by atoms with Crippen molar-refractivity contribution in [3.05, 3.63) is 36.4 Å². The van der Waals surface area contributed by atoms with Gasteiger partial charge in [-0.2, -0.15) is 0 Å². The van der Waals surface area contributed by atoms with E-state index in [-0.39, 0.29) is 11.5 Å². The van der Waals surface area contributed by atoms with Crippen molar-refractivity contribution in [3.8, 4) is 11.5 Å². The molecule has 0 aliphatic carbocycles. The van der Waals surface area contributed by atoms with Gasteiger partial charge in [0.2, 0.25) is 0 Å². The van der Waals surface area contributed by atoms with Crippen LogP contribution in [0, 0.1) is 0 Å². The van der Waals surface area contributed by atoms with E-state index in [1.807, 2.05) is 0 Å². The van der Waals surface area contributed by atoms with E-state index in [9.17, 15) is 5.11 Å². The molecule has 10 heteroatoms. The summed E-state index contributed by atoms with van der Waals surface area (Å²) >= 11 is 0. The van der Waals surface area contributed by atoms with E-state index in [0.29, 0.717) is 22.1 Å². The van der Waals surface area contributed by atoms with Crippen LogP contribution in [0.3, 0.4) is 0 Å². The first-order valence-corrected chi connectivity index (χ1v) is 6.81. The van der Waals surface area contributed by atoms with Gasteiger partial charge in [-0.1, -0.05) is 15.8 Å². The highest BCUT2D eigenvalue weighted by atomic mass is 16.7. The largest absolute Gasteiger partial charge is 0.508 e. The van der Waals surface area contributed by atoms with E-state index in [1.165, 1.54) is 23.9 Å². The lowest BCUT2D eigenvalue weighted by Gasteiger charge is -1.96. The number of hydrogen-bond acceptors (Lipinski definition) is 8. The fraction of sp³-hybridized carbons (Fsp3) is 0.143. The molecule has 0 spiro atoms. The van der Waals surface area contributed by atoms with Crippen LogP contribution in [0.25, 0.3) is 22.1 Å². The molecule has 0 aliphatic rings. The molecule has 2 aromatic carbocycles. The van der Waals surface area contributed by atoms with Crippen molar-refractivity contribution in [1.29, 1.82) is 0 Å². The summed E-state index contributed by atoms with van der Waals surface area (Å²) in [5.41, 5.74) is 2.43. The molecular weight excluding hydrogens is 316 g/mol. The zero-order chi connectivity index (χ0) is 17.1. The number of aromatic hydroxyl groups is 2. The molecule has 0 atom stereocenters. The predicted molar refractivity (Wildman–Crippen MR) is 83.4 cm³/mol. The zero-order valence-corrected chi connectivity index (χ0v) is 12.9. The third-order valence-corrected chi connectivity index (χ3v) is 3.17. The van der Waals surface area contributed by atoms with Gasteiger partial charge in [0.05, 0.1) is 0 Å². The number of phenols is 2. The minimum atomic E-state index is 0.107. The maximum atomic E-state index is 9.31. The molecule has 2 N–H and O–H groups in total. The second-order valence-corrected chi connectivity index (χ2v) is 4.61. The standard InChI is InChI=1S/2C7H7N3O2/c1-12-10-7-4-5(11)2-3-6(7)8-9-10;1-12-10-5-3-2-4-6(11)7(5)8-9-10/h2*2-4,11H,1H3. The number of aromatic nitrogens is 6. The zero-order valence-electron chi connectivity index (χ0n) is 12.9. The van der Waals surface area contributed by atoms with Crippen LogP contribution in [0.15, 0.2) is 36.4 Å². The van der Waals surface area contributed by atoms with Gasteiger partial charge in [-0.15, -0.1) is 10.2 Å². The Morgan fingerprint density at radius 1 is 0.875 bits per heavy atom. The summed E-state index contributed by atoms with van der Waals surface area (Å²) < 4.78 is 0. The van der Waals surface area contributed by atoms with Crippen LogP contribution in [-0.4, -0.2) is 54.7 Å². The number of nitrogens with zero attached hydrogens (tertiary/aromatic N) is 6. The Morgan fingerprint density at radius 2 is 1.58 bits per heavy atom. The summed E-state index contributed by atoms with van der Waals surface area (Å²) in [4.78, 5) is 12.2. The number of hydrogen-bond donors (Lipinski definition) is 2. The van der Waals surface area contributed by atoms with Crippen molar-refractivity contribution in [1.82, 2.24) is 30.3 Å². The van der Waals surface area contributed by atoms with Gasteiger partial charge in [0.25, 0.3) is 0 Å². The molecule has 4 rings (SSSR count). The van der Waals surface area contributed by atoms with E-state index < -0.39 is 0 Å². The third-order valence-electron chi connectivity index (χ3n) is 3.17. The molecule has 4 aromatic rings. The predicted octanol–water partition coefficient (Wildman–Crippen LogP) is 0.391. The van der Waals surface area contributed by atoms with Gasteiger partial charge in [0, 0.05) is 6.07 Å². The van der Waals surface area contributed by atoms with Crippen molar-refractivity contribution in [2.75, 3.05) is 14.2 Å². The fourth-order valence-corrected chi connectivity index (χ4v) is 2.07. The highest BCUT2D eigenvalue weighted by molar-refractivity contribution is 5.80. The molecule has 0 saturated carbocycles. The average molecular weight is 330 g/mol. The summed E-state index contributed by atoms with van der Waals surface area (Å²) in [6.45, 7) is 0. The van der Waals surface area contributed by atoms with Crippen LogP contribution < -0.4 is 9.68 Å². The van der Waals surface area contributed by atoms with Crippen LogP contribution in [0.5, 0.6) is 11.5 Å². The normalized spacial score (nSPS) is 10.4. The van der Waals surface area contributed by atoms with Crippen molar-refractivity contribution < 1.29 is 19.9 Å². The number of phenolic OH excluding ortho intramolecular Hbond substituents is 2. The smallest absolute Gasteiger partial charge is 0.158 e. The Labute approximate surface area is 135 Å². The molecule has 24 heavy (non-hydrogen) atoms. The van der Waals surface area contributed by atoms with Crippen molar-refractivity contribution in [2.45, 2.75) is 0 Å². The maximum absolute atomic E-state index is 9.31. The van der Waals surface area contributed by atoms with Gasteiger partial charge in [-0.25, -0.2) is 0 Å². The molecular formula is C14H14N6O4. The molecule has 10 nitrogen and oxygen atoms in total. The second kappa shape index (κ2) is 6.28. The van der Waals surface area contributed by atoms with Crippen LogP contribution >= 0.6 is 0 Å². The third kappa shape index (κ3) is 2.72. The van der Waals surface area contributed by atoms with Gasteiger partial charge >= 0.3 is 0 Å². The summed E-state index contributed by atoms with van der Waals surface area (Å²) in [5.74, 6) is 0.277. The number of benzene rings is 2. The minimum absolute atomic E-state index is 0.107. The Balaban J connectivity index is 0.000000141. The highest BCUT2D eigenvalue weighted by Crippen LogP contribution is 2.20. The lowest BCUT2D eigenvalue weighted by molar-refractivity contribution is 0.139. The van der Waals surface area contributed by atoms with Crippen molar-refractivity contribution >= 4 is 22.1 Å². The molecule has 124 valence electrons. The first kappa shape index (κ1) is 15.3. The van der Waals surface area contributed by atoms with Crippen LogP contribution in [-0.2, 0) is 0 Å². The van der Waals surface area contributed by atoms with E-state index in [0.717, 1.165) is 0 Å². The van der Waals surface area contributed by atoms with E-state index in [4.69, 9.17) is 14.8 Å². The van der Waals surface area contributed by atoms with Crippen molar-refractivity contribution in [2.24, 2.45) is 0 Å². The molecule has 0 unspecified atom stereocenters. The Bertz CT molecular complexity index is 974. The first-order valence-electron chi connectivity index (χ1n) is 6.81. The van der Waals surface area contributed by atoms with Gasteiger partial charge in [0.15, 0.2) is 5.52 Å². The Hall–Kier alpha value is -3.56. The molecule has 0 saturated heterocycles. The quantitative estimate of drug-likeness (QED) is 0.541. The van der Waals surface area contributed by atoms with Crippen LogP contribution in [0.2, 0.25) is 0 Å². The topological polar surface area (TPSA) is 120 Å². The first-order chi connectivity index (χ1) is 11.6. The fourth-order valence-electron chi connectivity index (χ4n) is 2.07. The summed E-state index contributed by atoms with van der Waals surface area (Å²) in [6, 6.07) is 9.79. The van der Waals surface area contributed by atoms with Gasteiger partial charge < -0.3 is 19.9 Å². The average Bonchev–Trinajstić information content (AvgIpc) is 3.19. The number of rotatable bonds is 2. The maximum Gasteiger partial charge on any atom is 0.158 e. The Morgan fingerprint density at radius 3 is 2.33 bits per heavy atom. The van der Waals surface area contributed by atoms with E-state index in [1.54, 1.807) is 36.4 Å². The number of fused-ring (bicyclic) bond motifs is 2. The van der Waals surface area contributed by atoms with Gasteiger partial charge in [-0.05, 0) is 34.7 Å². The lowest BCUT2D eigenvalue weighted by Crippen LogP contribution is -2.06. The summed E-state index contributed by atoms with van der Waals surface area (Å²) in [7, 11) is 2.97. The molecule has 0 fully saturated rings. The van der Waals surface area contributed by atoms with E-state index in [2.05, 4.69) is 20.6 Å².